The van der Waals surface area contributed by atoms with Gasteiger partial charge in [0, 0.05) is 11.8 Å². The predicted molar refractivity (Wildman–Crippen MR) is 137 cm³/mol. The molecule has 3 heterocycles. The number of carbonyl (C=O) groups excluding carboxylic acids is 1. The van der Waals surface area contributed by atoms with Crippen molar-refractivity contribution >= 4 is 5.78 Å². The Bertz CT molecular complexity index is 695. The van der Waals surface area contributed by atoms with Crippen molar-refractivity contribution in [2.45, 2.75) is 138 Å². The minimum Gasteiger partial charge on any atom is -0.372 e. The Morgan fingerprint density at radius 1 is 0.600 bits per heavy atom. The molecule has 3 saturated heterocycles. The van der Waals surface area contributed by atoms with E-state index in [0.29, 0.717) is 23.7 Å². The highest BCUT2D eigenvalue weighted by Gasteiger charge is 2.50. The molecular formula is C29H52O6. The molecule has 0 N–H and O–H groups in total. The fourth-order valence-corrected chi connectivity index (χ4v) is 6.35. The molecule has 3 aliphatic heterocycles. The summed E-state index contributed by atoms with van der Waals surface area (Å²) in [5.41, 5.74) is 0. The second-order valence-corrected chi connectivity index (χ2v) is 12.0. The quantitative estimate of drug-likeness (QED) is 0.440. The van der Waals surface area contributed by atoms with Crippen LogP contribution in [-0.2, 0) is 28.5 Å². The lowest BCUT2D eigenvalue weighted by Crippen LogP contribution is -2.59. The third kappa shape index (κ3) is 5.82. The molecule has 0 saturated carbocycles. The number of hydrogen-bond donors (Lipinski definition) is 0. The van der Waals surface area contributed by atoms with Gasteiger partial charge in [0.25, 0.3) is 0 Å². The molecule has 0 amide bonds. The number of rotatable bonds is 7. The summed E-state index contributed by atoms with van der Waals surface area (Å²) < 4.78 is 32.4. The van der Waals surface area contributed by atoms with Gasteiger partial charge in [-0.3, -0.25) is 4.79 Å². The van der Waals surface area contributed by atoms with Crippen LogP contribution in [0.15, 0.2) is 0 Å². The fourth-order valence-electron chi connectivity index (χ4n) is 6.35. The lowest BCUT2D eigenvalue weighted by atomic mass is 9.78. The Labute approximate surface area is 214 Å². The Morgan fingerprint density at radius 2 is 1.11 bits per heavy atom. The lowest BCUT2D eigenvalue weighted by molar-refractivity contribution is -0.333. The van der Waals surface area contributed by atoms with Crippen molar-refractivity contribution in [1.29, 1.82) is 0 Å². The van der Waals surface area contributed by atoms with Crippen LogP contribution in [0.3, 0.4) is 0 Å². The molecule has 0 radical (unpaired) electrons. The summed E-state index contributed by atoms with van der Waals surface area (Å²) in [4.78, 5) is 12.8. The number of hydrogen-bond acceptors (Lipinski definition) is 6. The first-order chi connectivity index (χ1) is 16.4. The van der Waals surface area contributed by atoms with E-state index < -0.39 is 12.4 Å². The van der Waals surface area contributed by atoms with Crippen molar-refractivity contribution in [3.05, 3.63) is 0 Å². The number of ketones is 1. The number of carbonyl (C=O) groups is 1. The van der Waals surface area contributed by atoms with Gasteiger partial charge in [-0.25, -0.2) is 0 Å². The van der Waals surface area contributed by atoms with Crippen LogP contribution < -0.4 is 0 Å². The lowest BCUT2D eigenvalue weighted by Gasteiger charge is -2.50. The van der Waals surface area contributed by atoms with E-state index in [1.54, 1.807) is 6.92 Å². The molecule has 204 valence electrons. The normalized spacial score (nSPS) is 51.2. The smallest absolute Gasteiger partial charge is 0.162 e. The van der Waals surface area contributed by atoms with E-state index in [-0.39, 0.29) is 60.3 Å². The van der Waals surface area contributed by atoms with Gasteiger partial charge in [-0.05, 0) is 56.3 Å². The summed E-state index contributed by atoms with van der Waals surface area (Å²) in [6, 6.07) is 0. The second kappa shape index (κ2) is 11.9. The van der Waals surface area contributed by atoms with Gasteiger partial charge in [0.1, 0.15) is 6.10 Å². The third-order valence-electron chi connectivity index (χ3n) is 9.97. The van der Waals surface area contributed by atoms with E-state index in [0.717, 1.165) is 12.8 Å². The van der Waals surface area contributed by atoms with Gasteiger partial charge < -0.3 is 23.7 Å². The summed E-state index contributed by atoms with van der Waals surface area (Å²) in [5.74, 6) is 2.03. The molecule has 6 unspecified atom stereocenters. The molecule has 6 heteroatoms. The molecule has 0 spiro atoms. The summed E-state index contributed by atoms with van der Waals surface area (Å²) >= 11 is 0. The molecule has 6 nitrogen and oxygen atoms in total. The zero-order valence-corrected chi connectivity index (χ0v) is 24.0. The van der Waals surface area contributed by atoms with Crippen molar-refractivity contribution in [2.75, 3.05) is 0 Å². The Kier molecular flexibility index (Phi) is 9.87. The van der Waals surface area contributed by atoms with Crippen molar-refractivity contribution in [3.63, 3.8) is 0 Å². The van der Waals surface area contributed by atoms with E-state index in [4.69, 9.17) is 23.7 Å². The maximum atomic E-state index is 12.8. The first-order valence-electron chi connectivity index (χ1n) is 14.2. The van der Waals surface area contributed by atoms with Crippen LogP contribution in [0, 0.1) is 41.4 Å². The van der Waals surface area contributed by atoms with E-state index >= 15 is 0 Å². The van der Waals surface area contributed by atoms with Crippen molar-refractivity contribution in [2.24, 2.45) is 41.4 Å². The number of Topliss-reactive ketones (excluding diaryl/α,β-unsaturated/α-hetero) is 1. The second-order valence-electron chi connectivity index (χ2n) is 12.0. The summed E-state index contributed by atoms with van der Waals surface area (Å²) in [7, 11) is 0. The van der Waals surface area contributed by atoms with Crippen LogP contribution in [0.4, 0.5) is 0 Å². The van der Waals surface area contributed by atoms with Gasteiger partial charge in [0.15, 0.2) is 18.4 Å². The van der Waals surface area contributed by atoms with Crippen LogP contribution in [0.1, 0.15) is 89.0 Å². The first-order valence-corrected chi connectivity index (χ1v) is 14.2. The van der Waals surface area contributed by atoms with Crippen LogP contribution >= 0.6 is 0 Å². The van der Waals surface area contributed by atoms with Gasteiger partial charge in [-0.2, -0.15) is 0 Å². The summed E-state index contributed by atoms with van der Waals surface area (Å²) in [5, 5.41) is 0. The summed E-state index contributed by atoms with van der Waals surface area (Å²) in [6.07, 6.45) is 0.314. The molecule has 0 aliphatic carbocycles. The average molecular weight is 497 g/mol. The van der Waals surface area contributed by atoms with E-state index in [1.807, 2.05) is 0 Å². The van der Waals surface area contributed by atoms with Gasteiger partial charge in [-0.1, -0.05) is 62.3 Å². The standard InChI is InChI=1S/C29H52O6/c1-12-23-16(5)14(3)19(8)28(32-23)34-26-18(7)20(9)29(35-27(26)21(10)30)33-25-17(6)15(4)22(11)31-24(25)13-2/h14-20,22-29H,12-13H2,1-11H3/t14-,15?,16-,17+,18+,19?,20?,22+,23?,24?,25-,26-,27?,28-,29+/m0/s1. The largest absolute Gasteiger partial charge is 0.372 e. The van der Waals surface area contributed by atoms with Crippen molar-refractivity contribution in [3.8, 4) is 0 Å². The number of ether oxygens (including phenoxy) is 5. The fraction of sp³-hybridized carbons (Fsp3) is 0.966. The predicted octanol–water partition coefficient (Wildman–Crippen LogP) is 5.86. The van der Waals surface area contributed by atoms with Gasteiger partial charge in [0.2, 0.25) is 0 Å². The highest BCUT2D eigenvalue weighted by Crippen LogP contribution is 2.42. The molecule has 3 rings (SSSR count). The molecule has 0 aromatic carbocycles. The molecule has 3 fully saturated rings. The molecule has 0 aromatic heterocycles. The van der Waals surface area contributed by atoms with E-state index in [9.17, 15) is 4.79 Å². The SMILES string of the molecule is CCC1O[C@@H](O[C@@H]2C(C(C)=O)O[C@@H](O[C@@H]3C(CC)O[C@H](C)C(C)[C@H]3C)C(C)[C@H]2C)C(C)[C@@H](C)[C@@H]1C. The molecule has 0 aromatic rings. The van der Waals surface area contributed by atoms with Crippen LogP contribution in [0.2, 0.25) is 0 Å². The van der Waals surface area contributed by atoms with E-state index in [1.165, 1.54) is 0 Å². The monoisotopic (exact) mass is 496 g/mol. The Balaban J connectivity index is 1.77. The van der Waals surface area contributed by atoms with Gasteiger partial charge in [-0.15, -0.1) is 0 Å². The molecule has 0 bridgehead atoms. The highest BCUT2D eigenvalue weighted by atomic mass is 16.7. The van der Waals surface area contributed by atoms with Crippen LogP contribution in [0.5, 0.6) is 0 Å². The van der Waals surface area contributed by atoms with E-state index in [2.05, 4.69) is 69.2 Å². The minimum absolute atomic E-state index is 0.0259. The average Bonchev–Trinajstić information content (AvgIpc) is 2.83. The van der Waals surface area contributed by atoms with Gasteiger partial charge in [0.05, 0.1) is 30.5 Å². The molecule has 3 aliphatic rings. The molecule has 35 heavy (non-hydrogen) atoms. The van der Waals surface area contributed by atoms with Crippen LogP contribution in [-0.4, -0.2) is 55.0 Å². The Hall–Kier alpha value is -0.530. The van der Waals surface area contributed by atoms with Gasteiger partial charge >= 0.3 is 0 Å². The minimum atomic E-state index is -0.673. The molecule has 15 atom stereocenters. The molecular weight excluding hydrogens is 444 g/mol. The first kappa shape index (κ1) is 29.0. The van der Waals surface area contributed by atoms with Crippen molar-refractivity contribution in [1.82, 2.24) is 0 Å². The topological polar surface area (TPSA) is 63.2 Å². The Morgan fingerprint density at radius 3 is 1.69 bits per heavy atom. The zero-order chi connectivity index (χ0) is 26.2. The zero-order valence-electron chi connectivity index (χ0n) is 24.0. The maximum absolute atomic E-state index is 12.8. The maximum Gasteiger partial charge on any atom is 0.162 e. The van der Waals surface area contributed by atoms with Crippen molar-refractivity contribution < 1.29 is 28.5 Å². The third-order valence-corrected chi connectivity index (χ3v) is 9.97. The summed E-state index contributed by atoms with van der Waals surface area (Å²) in [6.45, 7) is 23.6. The van der Waals surface area contributed by atoms with Crippen LogP contribution in [0.25, 0.3) is 0 Å². The highest BCUT2D eigenvalue weighted by molar-refractivity contribution is 5.81.